The van der Waals surface area contributed by atoms with Crippen LogP contribution in [0.1, 0.15) is 42.3 Å². The van der Waals surface area contributed by atoms with Gasteiger partial charge in [-0.3, -0.25) is 9.59 Å². The highest BCUT2D eigenvalue weighted by Gasteiger charge is 2.39. The molecule has 0 saturated heterocycles. The fraction of sp³-hybridized carbons (Fsp3) is 0.323. The first kappa shape index (κ1) is 31.4. The van der Waals surface area contributed by atoms with Crippen molar-refractivity contribution in [2.24, 2.45) is 0 Å². The van der Waals surface area contributed by atoms with E-state index in [1.54, 1.807) is 64.3 Å². The summed E-state index contributed by atoms with van der Waals surface area (Å²) < 4.78 is 42.8. The van der Waals surface area contributed by atoms with Gasteiger partial charge in [-0.2, -0.15) is 0 Å². The molecule has 2 N–H and O–H groups in total. The fourth-order valence-electron chi connectivity index (χ4n) is 4.48. The highest BCUT2D eigenvalue weighted by atomic mass is 32.2. The van der Waals surface area contributed by atoms with Crippen molar-refractivity contribution in [3.63, 3.8) is 0 Å². The number of sulfone groups is 1. The molecule has 1 atom stereocenters. The van der Waals surface area contributed by atoms with Gasteiger partial charge in [-0.05, 0) is 74.4 Å². The van der Waals surface area contributed by atoms with Gasteiger partial charge >= 0.3 is 6.09 Å². The Morgan fingerprint density at radius 2 is 1.49 bits per heavy atom. The number of fused-ring (bicyclic) bond motifs is 1. The van der Waals surface area contributed by atoms with Crippen LogP contribution in [0, 0.1) is 0 Å². The molecule has 4 rings (SSSR count). The molecular formula is C31H35N3O8S. The van der Waals surface area contributed by atoms with Gasteiger partial charge in [0.15, 0.2) is 9.84 Å². The van der Waals surface area contributed by atoms with Crippen LogP contribution in [-0.4, -0.2) is 57.9 Å². The van der Waals surface area contributed by atoms with Crippen LogP contribution >= 0.6 is 0 Å². The maximum absolute atomic E-state index is 13.9. The molecule has 1 heterocycles. The van der Waals surface area contributed by atoms with Gasteiger partial charge in [0.05, 0.1) is 37.1 Å². The standard InChI is InChI=1S/C31H35N3O8S/c1-31(2,3)42-30(37)33-25-19-43(38,39)27-15-10-22(28(35)32-17-20-6-11-23(40-4)12-7-20)16-26(27)34(29(25)36)18-21-8-13-24(41-5)14-9-21/h6-16,25H,17-19H2,1-5H3,(H,32,35)(H,33,37)/t25-/m0/s1. The van der Waals surface area contributed by atoms with Crippen molar-refractivity contribution in [1.29, 1.82) is 0 Å². The molecule has 1 aliphatic heterocycles. The van der Waals surface area contributed by atoms with Crippen molar-refractivity contribution in [1.82, 2.24) is 10.6 Å². The number of amides is 3. The van der Waals surface area contributed by atoms with E-state index in [2.05, 4.69) is 10.6 Å². The van der Waals surface area contributed by atoms with Crippen LogP contribution in [0.25, 0.3) is 0 Å². The molecule has 12 heteroatoms. The predicted octanol–water partition coefficient (Wildman–Crippen LogP) is 3.85. The van der Waals surface area contributed by atoms with Crippen LogP contribution in [0.3, 0.4) is 0 Å². The van der Waals surface area contributed by atoms with Crippen molar-refractivity contribution >= 4 is 33.4 Å². The number of hydrogen-bond donors (Lipinski definition) is 2. The van der Waals surface area contributed by atoms with Gasteiger partial charge in [0, 0.05) is 12.1 Å². The smallest absolute Gasteiger partial charge is 0.408 e. The van der Waals surface area contributed by atoms with Crippen LogP contribution in [0.4, 0.5) is 10.5 Å². The third-order valence-corrected chi connectivity index (χ3v) is 8.39. The molecule has 0 saturated carbocycles. The number of methoxy groups -OCH3 is 2. The van der Waals surface area contributed by atoms with E-state index in [-0.39, 0.29) is 29.2 Å². The SMILES string of the molecule is COc1ccc(CNC(=O)c2ccc3c(c2)N(Cc2ccc(OC)cc2)C(=O)[C@@H](NC(=O)OC(C)(C)C)CS3(=O)=O)cc1. The summed E-state index contributed by atoms with van der Waals surface area (Å²) >= 11 is 0. The van der Waals surface area contributed by atoms with Gasteiger partial charge in [-0.15, -0.1) is 0 Å². The van der Waals surface area contributed by atoms with Crippen molar-refractivity contribution in [2.45, 2.75) is 50.4 Å². The number of nitrogens with one attached hydrogen (secondary N) is 2. The minimum absolute atomic E-state index is 0.0330. The fourth-order valence-corrected chi connectivity index (χ4v) is 6.08. The van der Waals surface area contributed by atoms with Crippen molar-refractivity contribution in [3.8, 4) is 11.5 Å². The van der Waals surface area contributed by atoms with Gasteiger partial charge in [0.1, 0.15) is 23.1 Å². The summed E-state index contributed by atoms with van der Waals surface area (Å²) in [6, 6.07) is 16.8. The molecule has 228 valence electrons. The lowest BCUT2D eigenvalue weighted by atomic mass is 10.1. The second-order valence-corrected chi connectivity index (χ2v) is 13.0. The molecule has 0 fully saturated rings. The number of carbonyl (C=O) groups is 3. The number of carbonyl (C=O) groups excluding carboxylic acids is 3. The number of benzene rings is 3. The zero-order valence-corrected chi connectivity index (χ0v) is 25.5. The van der Waals surface area contributed by atoms with Gasteiger partial charge in [-0.25, -0.2) is 13.2 Å². The topological polar surface area (TPSA) is 140 Å². The number of hydrogen-bond acceptors (Lipinski definition) is 8. The summed E-state index contributed by atoms with van der Waals surface area (Å²) in [4.78, 5) is 40.8. The van der Waals surface area contributed by atoms with Crippen LogP contribution in [0.15, 0.2) is 71.6 Å². The van der Waals surface area contributed by atoms with E-state index in [4.69, 9.17) is 14.2 Å². The minimum atomic E-state index is -4.09. The zero-order chi connectivity index (χ0) is 31.4. The highest BCUT2D eigenvalue weighted by Crippen LogP contribution is 2.33. The van der Waals surface area contributed by atoms with Gasteiger partial charge in [-0.1, -0.05) is 24.3 Å². The van der Waals surface area contributed by atoms with E-state index in [1.807, 2.05) is 12.1 Å². The molecule has 0 aliphatic carbocycles. The maximum Gasteiger partial charge on any atom is 0.408 e. The first-order valence-corrected chi connectivity index (χ1v) is 15.2. The number of nitrogens with zero attached hydrogens (tertiary/aromatic N) is 1. The average molecular weight is 610 g/mol. The van der Waals surface area contributed by atoms with Gasteiger partial charge in [0.25, 0.3) is 11.8 Å². The second-order valence-electron chi connectivity index (χ2n) is 11.0. The molecule has 0 spiro atoms. The van der Waals surface area contributed by atoms with E-state index >= 15 is 0 Å². The monoisotopic (exact) mass is 609 g/mol. The molecule has 43 heavy (non-hydrogen) atoms. The van der Waals surface area contributed by atoms with Gasteiger partial charge in [0.2, 0.25) is 0 Å². The molecule has 1 aliphatic rings. The molecule has 3 aromatic carbocycles. The lowest BCUT2D eigenvalue weighted by molar-refractivity contribution is -0.120. The van der Waals surface area contributed by atoms with Crippen LogP contribution in [-0.2, 0) is 32.5 Å². The molecular weight excluding hydrogens is 574 g/mol. The minimum Gasteiger partial charge on any atom is -0.497 e. The third kappa shape index (κ3) is 7.83. The molecule has 11 nitrogen and oxygen atoms in total. The molecule has 0 aromatic heterocycles. The summed E-state index contributed by atoms with van der Waals surface area (Å²) in [5, 5.41) is 5.25. The highest BCUT2D eigenvalue weighted by molar-refractivity contribution is 7.91. The quantitative estimate of drug-likeness (QED) is 0.393. The average Bonchev–Trinajstić information content (AvgIpc) is 3.03. The van der Waals surface area contributed by atoms with E-state index in [9.17, 15) is 22.8 Å². The van der Waals surface area contributed by atoms with E-state index in [0.717, 1.165) is 5.56 Å². The summed E-state index contributed by atoms with van der Waals surface area (Å²) in [7, 11) is -0.993. The molecule has 3 aromatic rings. The Labute approximate surface area is 251 Å². The summed E-state index contributed by atoms with van der Waals surface area (Å²) in [6.07, 6.45) is -0.921. The van der Waals surface area contributed by atoms with E-state index < -0.39 is 45.1 Å². The molecule has 0 unspecified atom stereocenters. The predicted molar refractivity (Wildman–Crippen MR) is 160 cm³/mol. The molecule has 3 amide bonds. The Balaban J connectivity index is 1.69. The lowest BCUT2D eigenvalue weighted by Crippen LogP contribution is -2.51. The summed E-state index contributed by atoms with van der Waals surface area (Å²) in [5.74, 6) is -0.516. The summed E-state index contributed by atoms with van der Waals surface area (Å²) in [5.41, 5.74) is 0.833. The molecule has 0 radical (unpaired) electrons. The Bertz CT molecular complexity index is 1600. The normalized spacial score (nSPS) is 16.0. The second kappa shape index (κ2) is 12.7. The van der Waals surface area contributed by atoms with E-state index in [0.29, 0.717) is 17.1 Å². The van der Waals surface area contributed by atoms with Crippen LogP contribution < -0.4 is 25.0 Å². The number of ether oxygens (including phenoxy) is 3. The van der Waals surface area contributed by atoms with Crippen LogP contribution in [0.2, 0.25) is 0 Å². The number of rotatable bonds is 8. The third-order valence-electron chi connectivity index (χ3n) is 6.60. The zero-order valence-electron chi connectivity index (χ0n) is 24.7. The largest absolute Gasteiger partial charge is 0.497 e. The van der Waals surface area contributed by atoms with Crippen molar-refractivity contribution in [2.75, 3.05) is 24.9 Å². The van der Waals surface area contributed by atoms with E-state index in [1.165, 1.54) is 30.2 Å². The molecule has 0 bridgehead atoms. The first-order valence-electron chi connectivity index (χ1n) is 13.5. The van der Waals surface area contributed by atoms with Crippen LogP contribution in [0.5, 0.6) is 11.5 Å². The Kier molecular flexibility index (Phi) is 9.29. The van der Waals surface area contributed by atoms with Crippen molar-refractivity contribution in [3.05, 3.63) is 83.4 Å². The number of anilines is 1. The number of alkyl carbamates (subject to hydrolysis) is 1. The Morgan fingerprint density at radius 1 is 0.907 bits per heavy atom. The Morgan fingerprint density at radius 3 is 2.05 bits per heavy atom. The summed E-state index contributed by atoms with van der Waals surface area (Å²) in [6.45, 7) is 5.16. The first-order chi connectivity index (χ1) is 20.3. The Hall–Kier alpha value is -4.58. The van der Waals surface area contributed by atoms with Crippen molar-refractivity contribution < 1.29 is 37.0 Å². The lowest BCUT2D eigenvalue weighted by Gasteiger charge is -2.27. The van der Waals surface area contributed by atoms with Gasteiger partial charge < -0.3 is 29.7 Å². The maximum atomic E-state index is 13.9.